The number of nitro benzene ring substituents is 1. The summed E-state index contributed by atoms with van der Waals surface area (Å²) in [6.07, 6.45) is 3.91. The summed E-state index contributed by atoms with van der Waals surface area (Å²) < 4.78 is 1.69. The van der Waals surface area contributed by atoms with Gasteiger partial charge < -0.3 is 5.32 Å². The van der Waals surface area contributed by atoms with E-state index >= 15 is 0 Å². The molecular formula is C19H19ClN6O2. The zero-order chi connectivity index (χ0) is 19.7. The lowest BCUT2D eigenvalue weighted by molar-refractivity contribution is -0.384. The van der Waals surface area contributed by atoms with E-state index in [4.69, 9.17) is 11.6 Å². The monoisotopic (exact) mass is 398 g/mol. The molecule has 1 fully saturated rings. The van der Waals surface area contributed by atoms with Crippen LogP contribution in [-0.4, -0.2) is 25.1 Å². The van der Waals surface area contributed by atoms with Crippen molar-refractivity contribution in [3.63, 3.8) is 0 Å². The van der Waals surface area contributed by atoms with Crippen molar-refractivity contribution in [1.82, 2.24) is 20.2 Å². The maximum atomic E-state index is 11.0. The zero-order valence-electron chi connectivity index (χ0n) is 15.3. The molecule has 9 heteroatoms. The van der Waals surface area contributed by atoms with Gasteiger partial charge in [-0.05, 0) is 66.1 Å². The first-order valence-corrected chi connectivity index (χ1v) is 9.44. The predicted molar refractivity (Wildman–Crippen MR) is 106 cm³/mol. The minimum Gasteiger partial charge on any atom is -0.373 e. The van der Waals surface area contributed by atoms with E-state index in [0.29, 0.717) is 10.8 Å². The first-order chi connectivity index (χ1) is 13.5. The molecule has 0 amide bonds. The minimum atomic E-state index is -0.411. The number of nitrogens with one attached hydrogen (secondary N) is 1. The Labute approximate surface area is 166 Å². The SMILES string of the molecule is Cc1cc([N+](=O)[O-])ccc1-n1nnnc1C1(Nc2ccc(Cl)cc2)CCCC1. The molecule has 0 atom stereocenters. The summed E-state index contributed by atoms with van der Waals surface area (Å²) in [6.45, 7) is 1.82. The van der Waals surface area contributed by atoms with Crippen molar-refractivity contribution in [1.29, 1.82) is 0 Å². The summed E-state index contributed by atoms with van der Waals surface area (Å²) in [5.41, 5.74) is 2.05. The molecule has 2 aromatic carbocycles. The number of tetrazole rings is 1. The smallest absolute Gasteiger partial charge is 0.269 e. The number of anilines is 1. The van der Waals surface area contributed by atoms with Crippen LogP contribution >= 0.6 is 11.6 Å². The standard InChI is InChI=1S/C19H19ClN6O2/c1-13-12-16(26(27)28)8-9-17(13)25-18(22-23-24-25)19(10-2-3-11-19)21-15-6-4-14(20)5-7-15/h4-9,12,21H,2-3,10-11H2,1H3. The Morgan fingerprint density at radius 3 is 2.54 bits per heavy atom. The fourth-order valence-corrected chi connectivity index (χ4v) is 3.96. The quantitative estimate of drug-likeness (QED) is 0.504. The summed E-state index contributed by atoms with van der Waals surface area (Å²) in [5, 5.41) is 27.8. The molecule has 1 aromatic heterocycles. The highest BCUT2D eigenvalue weighted by atomic mass is 35.5. The number of hydrogen-bond donors (Lipinski definition) is 1. The molecule has 1 aliphatic rings. The van der Waals surface area contributed by atoms with E-state index < -0.39 is 10.5 Å². The van der Waals surface area contributed by atoms with Gasteiger partial charge in [-0.25, -0.2) is 0 Å². The number of aryl methyl sites for hydroxylation is 1. The maximum Gasteiger partial charge on any atom is 0.269 e. The first kappa shape index (κ1) is 18.4. The van der Waals surface area contributed by atoms with E-state index in [2.05, 4.69) is 20.8 Å². The van der Waals surface area contributed by atoms with E-state index in [1.165, 1.54) is 12.1 Å². The average molecular weight is 399 g/mol. The van der Waals surface area contributed by atoms with Gasteiger partial charge in [-0.15, -0.1) is 5.10 Å². The van der Waals surface area contributed by atoms with Gasteiger partial charge in [0.25, 0.3) is 5.69 Å². The van der Waals surface area contributed by atoms with Crippen LogP contribution in [0, 0.1) is 17.0 Å². The Hall–Kier alpha value is -3.00. The molecule has 0 bridgehead atoms. The fraction of sp³-hybridized carbons (Fsp3) is 0.316. The third-order valence-electron chi connectivity index (χ3n) is 5.20. The average Bonchev–Trinajstić information content (AvgIpc) is 3.34. The second-order valence-electron chi connectivity index (χ2n) is 7.06. The van der Waals surface area contributed by atoms with Crippen LogP contribution in [0.15, 0.2) is 42.5 Å². The van der Waals surface area contributed by atoms with Crippen LogP contribution in [0.4, 0.5) is 11.4 Å². The van der Waals surface area contributed by atoms with Crippen molar-refractivity contribution in [3.8, 4) is 5.69 Å². The molecule has 3 aromatic rings. The van der Waals surface area contributed by atoms with Gasteiger partial charge in [0.2, 0.25) is 0 Å². The third kappa shape index (κ3) is 3.31. The molecule has 0 saturated heterocycles. The van der Waals surface area contributed by atoms with Crippen LogP contribution < -0.4 is 5.32 Å². The highest BCUT2D eigenvalue weighted by Gasteiger charge is 2.41. The maximum absolute atomic E-state index is 11.0. The molecule has 1 saturated carbocycles. The lowest BCUT2D eigenvalue weighted by Crippen LogP contribution is -2.35. The molecule has 28 heavy (non-hydrogen) atoms. The molecule has 0 aliphatic heterocycles. The van der Waals surface area contributed by atoms with Crippen LogP contribution in [-0.2, 0) is 5.54 Å². The number of halogens is 1. The van der Waals surface area contributed by atoms with Gasteiger partial charge in [-0.2, -0.15) is 4.68 Å². The number of nitrogens with zero attached hydrogens (tertiary/aromatic N) is 5. The van der Waals surface area contributed by atoms with Crippen molar-refractivity contribution >= 4 is 23.0 Å². The summed E-state index contributed by atoms with van der Waals surface area (Å²) in [7, 11) is 0. The largest absolute Gasteiger partial charge is 0.373 e. The van der Waals surface area contributed by atoms with Crippen molar-refractivity contribution in [2.45, 2.75) is 38.1 Å². The summed E-state index contributed by atoms with van der Waals surface area (Å²) in [4.78, 5) is 10.6. The normalized spacial score (nSPS) is 15.5. The van der Waals surface area contributed by atoms with E-state index in [9.17, 15) is 10.1 Å². The number of rotatable bonds is 5. The molecule has 1 heterocycles. The second kappa shape index (κ2) is 7.20. The van der Waals surface area contributed by atoms with Crippen LogP contribution in [0.5, 0.6) is 0 Å². The van der Waals surface area contributed by atoms with Gasteiger partial charge in [0.05, 0.1) is 16.1 Å². The highest BCUT2D eigenvalue weighted by Crippen LogP contribution is 2.41. The Balaban J connectivity index is 1.75. The second-order valence-corrected chi connectivity index (χ2v) is 7.50. The molecule has 0 unspecified atom stereocenters. The Kier molecular flexibility index (Phi) is 4.72. The van der Waals surface area contributed by atoms with Gasteiger partial charge in [0.1, 0.15) is 0 Å². The molecule has 1 aliphatic carbocycles. The van der Waals surface area contributed by atoms with Crippen LogP contribution in [0.2, 0.25) is 5.02 Å². The van der Waals surface area contributed by atoms with Crippen LogP contribution in [0.1, 0.15) is 37.1 Å². The molecular weight excluding hydrogens is 380 g/mol. The lowest BCUT2D eigenvalue weighted by Gasteiger charge is -2.30. The Bertz CT molecular complexity index is 1010. The number of benzene rings is 2. The van der Waals surface area contributed by atoms with Crippen LogP contribution in [0.3, 0.4) is 0 Å². The van der Waals surface area contributed by atoms with Crippen molar-refractivity contribution in [3.05, 3.63) is 69.0 Å². The number of nitro groups is 1. The van der Waals surface area contributed by atoms with Crippen LogP contribution in [0.25, 0.3) is 5.69 Å². The van der Waals surface area contributed by atoms with Gasteiger partial charge in [0, 0.05) is 22.8 Å². The third-order valence-corrected chi connectivity index (χ3v) is 5.45. The van der Waals surface area contributed by atoms with E-state index in [-0.39, 0.29) is 5.69 Å². The van der Waals surface area contributed by atoms with Gasteiger partial charge in [0.15, 0.2) is 5.82 Å². The summed E-state index contributed by atoms with van der Waals surface area (Å²) in [5.74, 6) is 0.705. The Morgan fingerprint density at radius 1 is 1.18 bits per heavy atom. The van der Waals surface area contributed by atoms with Crippen molar-refractivity contribution in [2.24, 2.45) is 0 Å². The number of hydrogen-bond acceptors (Lipinski definition) is 6. The van der Waals surface area contributed by atoms with Crippen molar-refractivity contribution < 1.29 is 4.92 Å². The van der Waals surface area contributed by atoms with E-state index in [1.54, 1.807) is 10.7 Å². The number of non-ortho nitro benzene ring substituents is 1. The van der Waals surface area contributed by atoms with Gasteiger partial charge in [-0.1, -0.05) is 24.4 Å². The van der Waals surface area contributed by atoms with E-state index in [1.807, 2.05) is 31.2 Å². The topological polar surface area (TPSA) is 98.8 Å². The minimum absolute atomic E-state index is 0.0470. The first-order valence-electron chi connectivity index (χ1n) is 9.07. The Morgan fingerprint density at radius 2 is 1.89 bits per heavy atom. The predicted octanol–water partition coefficient (Wildman–Crippen LogP) is 4.41. The summed E-state index contributed by atoms with van der Waals surface area (Å²) >= 11 is 6.01. The molecule has 1 N–H and O–H groups in total. The van der Waals surface area contributed by atoms with E-state index in [0.717, 1.165) is 42.6 Å². The molecule has 0 spiro atoms. The molecule has 4 rings (SSSR count). The van der Waals surface area contributed by atoms with Gasteiger partial charge in [-0.3, -0.25) is 10.1 Å². The fourth-order valence-electron chi connectivity index (χ4n) is 3.83. The molecule has 0 radical (unpaired) electrons. The van der Waals surface area contributed by atoms with Gasteiger partial charge >= 0.3 is 0 Å². The van der Waals surface area contributed by atoms with Crippen molar-refractivity contribution in [2.75, 3.05) is 5.32 Å². The highest BCUT2D eigenvalue weighted by molar-refractivity contribution is 6.30. The number of aromatic nitrogens is 4. The molecule has 144 valence electrons. The lowest BCUT2D eigenvalue weighted by atomic mass is 9.95. The molecule has 8 nitrogen and oxygen atoms in total. The summed E-state index contributed by atoms with van der Waals surface area (Å²) in [6, 6.07) is 12.3. The zero-order valence-corrected chi connectivity index (χ0v) is 16.1.